The number of nitrogens with zero attached hydrogens (tertiary/aromatic N) is 1. The zero-order valence-corrected chi connectivity index (χ0v) is 7.41. The molecule has 4 heteroatoms. The Kier molecular flexibility index (Phi) is 1.83. The predicted octanol–water partition coefficient (Wildman–Crippen LogP) is 1.50. The van der Waals surface area contributed by atoms with Gasteiger partial charge in [-0.25, -0.2) is 4.79 Å². The van der Waals surface area contributed by atoms with Crippen LogP contribution in [0.1, 0.15) is 35.2 Å². The summed E-state index contributed by atoms with van der Waals surface area (Å²) in [4.78, 5) is 10.7. The molecule has 1 N–H and O–H groups in total. The van der Waals surface area contributed by atoms with Crippen LogP contribution in [0, 0.1) is 5.92 Å². The van der Waals surface area contributed by atoms with Crippen molar-refractivity contribution in [1.82, 2.24) is 5.16 Å². The number of hydrogen-bond donors (Lipinski definition) is 1. The van der Waals surface area contributed by atoms with E-state index in [0.29, 0.717) is 5.92 Å². The van der Waals surface area contributed by atoms with Gasteiger partial charge >= 0.3 is 5.97 Å². The average Bonchev–Trinajstić information content (AvgIpc) is 2.46. The van der Waals surface area contributed by atoms with E-state index in [-0.39, 0.29) is 5.76 Å². The highest BCUT2D eigenvalue weighted by molar-refractivity contribution is 5.86. The first kappa shape index (κ1) is 8.29. The van der Waals surface area contributed by atoms with Crippen LogP contribution < -0.4 is 0 Å². The molecule has 0 bridgehead atoms. The number of aryl methyl sites for hydroxylation is 1. The summed E-state index contributed by atoms with van der Waals surface area (Å²) in [6.07, 6.45) is 2.69. The Balaban J connectivity index is 2.41. The number of aromatic carboxylic acids is 1. The van der Waals surface area contributed by atoms with Crippen LogP contribution in [0.25, 0.3) is 0 Å². The molecule has 1 heterocycles. The Morgan fingerprint density at radius 1 is 1.69 bits per heavy atom. The van der Waals surface area contributed by atoms with Crippen molar-refractivity contribution in [3.05, 3.63) is 17.0 Å². The molecule has 0 aliphatic heterocycles. The van der Waals surface area contributed by atoms with E-state index in [0.717, 1.165) is 30.5 Å². The fourth-order valence-electron chi connectivity index (χ4n) is 1.75. The van der Waals surface area contributed by atoms with Gasteiger partial charge in [0.2, 0.25) is 5.76 Å². The molecule has 0 aromatic carbocycles. The van der Waals surface area contributed by atoms with E-state index in [2.05, 4.69) is 12.1 Å². The van der Waals surface area contributed by atoms with Gasteiger partial charge in [-0.05, 0) is 25.2 Å². The highest BCUT2D eigenvalue weighted by atomic mass is 16.5. The monoisotopic (exact) mass is 181 g/mol. The fourth-order valence-corrected chi connectivity index (χ4v) is 1.75. The summed E-state index contributed by atoms with van der Waals surface area (Å²) in [6.45, 7) is 2.11. The summed E-state index contributed by atoms with van der Waals surface area (Å²) < 4.78 is 4.78. The highest BCUT2D eigenvalue weighted by Crippen LogP contribution is 2.27. The fraction of sp³-hybridized carbons (Fsp3) is 0.556. The molecule has 1 atom stereocenters. The van der Waals surface area contributed by atoms with Crippen molar-refractivity contribution < 1.29 is 14.4 Å². The molecule has 2 rings (SSSR count). The van der Waals surface area contributed by atoms with Crippen LogP contribution in [0.2, 0.25) is 0 Å². The molecule has 70 valence electrons. The van der Waals surface area contributed by atoms with Crippen molar-refractivity contribution in [2.45, 2.75) is 26.2 Å². The van der Waals surface area contributed by atoms with Crippen LogP contribution in [0.5, 0.6) is 0 Å². The summed E-state index contributed by atoms with van der Waals surface area (Å²) in [7, 11) is 0. The second-order valence-electron chi connectivity index (χ2n) is 3.59. The average molecular weight is 181 g/mol. The Hall–Kier alpha value is -1.32. The lowest BCUT2D eigenvalue weighted by Gasteiger charge is -2.15. The third-order valence-electron chi connectivity index (χ3n) is 2.49. The van der Waals surface area contributed by atoms with E-state index in [9.17, 15) is 4.79 Å². The zero-order chi connectivity index (χ0) is 9.42. The second kappa shape index (κ2) is 2.87. The minimum absolute atomic E-state index is 0.0292. The van der Waals surface area contributed by atoms with Gasteiger partial charge in [0.05, 0.1) is 5.69 Å². The van der Waals surface area contributed by atoms with Gasteiger partial charge in [-0.3, -0.25) is 0 Å². The molecule has 0 radical (unpaired) electrons. The molecule has 1 aromatic rings. The second-order valence-corrected chi connectivity index (χ2v) is 3.59. The van der Waals surface area contributed by atoms with Gasteiger partial charge < -0.3 is 9.63 Å². The lowest BCUT2D eigenvalue weighted by molar-refractivity contribution is 0.0650. The molecule has 0 fully saturated rings. The number of aromatic nitrogens is 1. The number of carboxylic acids is 1. The molecule has 0 saturated heterocycles. The van der Waals surface area contributed by atoms with Crippen molar-refractivity contribution in [3.63, 3.8) is 0 Å². The maximum absolute atomic E-state index is 10.7. The molecule has 1 aliphatic carbocycles. The van der Waals surface area contributed by atoms with E-state index in [1.165, 1.54) is 0 Å². The van der Waals surface area contributed by atoms with Crippen LogP contribution >= 0.6 is 0 Å². The molecule has 0 amide bonds. The Morgan fingerprint density at radius 3 is 3.15 bits per heavy atom. The molecular weight excluding hydrogens is 170 g/mol. The molecule has 0 spiro atoms. The molecule has 1 aromatic heterocycles. The van der Waals surface area contributed by atoms with Crippen molar-refractivity contribution >= 4 is 5.97 Å². The van der Waals surface area contributed by atoms with Gasteiger partial charge in [-0.2, -0.15) is 0 Å². The predicted molar refractivity (Wildman–Crippen MR) is 44.7 cm³/mol. The van der Waals surface area contributed by atoms with Crippen molar-refractivity contribution in [3.8, 4) is 0 Å². The summed E-state index contributed by atoms with van der Waals surface area (Å²) in [5, 5.41) is 12.5. The third-order valence-corrected chi connectivity index (χ3v) is 2.49. The topological polar surface area (TPSA) is 63.3 Å². The smallest absolute Gasteiger partial charge is 0.375 e. The van der Waals surface area contributed by atoms with Gasteiger partial charge in [-0.1, -0.05) is 12.1 Å². The Morgan fingerprint density at radius 2 is 2.46 bits per heavy atom. The molecule has 1 unspecified atom stereocenters. The first-order valence-corrected chi connectivity index (χ1v) is 4.39. The largest absolute Gasteiger partial charge is 0.475 e. The summed E-state index contributed by atoms with van der Waals surface area (Å²) >= 11 is 0. The summed E-state index contributed by atoms with van der Waals surface area (Å²) in [5.74, 6) is -0.450. The maximum Gasteiger partial charge on any atom is 0.375 e. The van der Waals surface area contributed by atoms with Gasteiger partial charge in [0.1, 0.15) is 0 Å². The minimum atomic E-state index is -1.01. The summed E-state index contributed by atoms with van der Waals surface area (Å²) in [5.41, 5.74) is 1.63. The van der Waals surface area contributed by atoms with Gasteiger partial charge in [0.15, 0.2) is 0 Å². The van der Waals surface area contributed by atoms with E-state index in [4.69, 9.17) is 9.63 Å². The molecule has 1 aliphatic rings. The molecule has 0 saturated carbocycles. The van der Waals surface area contributed by atoms with Crippen LogP contribution in [-0.4, -0.2) is 16.2 Å². The first-order valence-electron chi connectivity index (χ1n) is 4.39. The van der Waals surface area contributed by atoms with Gasteiger partial charge in [0, 0.05) is 5.56 Å². The minimum Gasteiger partial charge on any atom is -0.475 e. The third kappa shape index (κ3) is 1.32. The lowest BCUT2D eigenvalue weighted by atomic mass is 9.88. The number of carboxylic acid groups (broad SMARTS) is 1. The number of fused-ring (bicyclic) bond motifs is 1. The lowest BCUT2D eigenvalue weighted by Crippen LogP contribution is -2.12. The zero-order valence-electron chi connectivity index (χ0n) is 7.41. The standard InChI is InChI=1S/C9H11NO3/c1-5-2-3-7-6(4-5)8(9(11)12)13-10-7/h5H,2-4H2,1H3,(H,11,12). The van der Waals surface area contributed by atoms with Crippen LogP contribution in [0.15, 0.2) is 4.52 Å². The van der Waals surface area contributed by atoms with Crippen LogP contribution in [-0.2, 0) is 12.8 Å². The van der Waals surface area contributed by atoms with Crippen LogP contribution in [0.4, 0.5) is 0 Å². The number of rotatable bonds is 1. The maximum atomic E-state index is 10.7. The van der Waals surface area contributed by atoms with Crippen molar-refractivity contribution in [2.24, 2.45) is 5.92 Å². The van der Waals surface area contributed by atoms with E-state index >= 15 is 0 Å². The number of carbonyl (C=O) groups is 1. The Bertz CT molecular complexity index is 343. The normalized spacial score (nSPS) is 21.2. The number of hydrogen-bond acceptors (Lipinski definition) is 3. The van der Waals surface area contributed by atoms with E-state index in [1.54, 1.807) is 0 Å². The van der Waals surface area contributed by atoms with Crippen molar-refractivity contribution in [1.29, 1.82) is 0 Å². The molecule has 4 nitrogen and oxygen atoms in total. The first-order chi connectivity index (χ1) is 6.18. The summed E-state index contributed by atoms with van der Waals surface area (Å²) in [6, 6.07) is 0. The quantitative estimate of drug-likeness (QED) is 0.713. The molecular formula is C9H11NO3. The van der Waals surface area contributed by atoms with Crippen LogP contribution in [0.3, 0.4) is 0 Å². The van der Waals surface area contributed by atoms with Gasteiger partial charge in [0.25, 0.3) is 0 Å². The molecule has 13 heavy (non-hydrogen) atoms. The van der Waals surface area contributed by atoms with E-state index in [1.807, 2.05) is 0 Å². The highest BCUT2D eigenvalue weighted by Gasteiger charge is 2.26. The SMILES string of the molecule is CC1CCc2noc(C(=O)O)c2C1. The van der Waals surface area contributed by atoms with Gasteiger partial charge in [-0.15, -0.1) is 0 Å². The van der Waals surface area contributed by atoms with E-state index < -0.39 is 5.97 Å². The Labute approximate surface area is 75.5 Å². The van der Waals surface area contributed by atoms with Crippen molar-refractivity contribution in [2.75, 3.05) is 0 Å².